The van der Waals surface area contributed by atoms with Crippen molar-refractivity contribution in [3.8, 4) is 5.75 Å². The molecule has 3 heteroatoms. The number of phenolic OH excluding ortho intramolecular Hbond substituents is 1. The van der Waals surface area contributed by atoms with Gasteiger partial charge in [-0.25, -0.2) is 0 Å². The fourth-order valence-electron chi connectivity index (χ4n) is 2.30. The molecule has 2 unspecified atom stereocenters. The van der Waals surface area contributed by atoms with Crippen LogP contribution >= 0.6 is 0 Å². The Bertz CT molecular complexity index is 336. The lowest BCUT2D eigenvalue weighted by molar-refractivity contribution is 0.0468. The van der Waals surface area contributed by atoms with Crippen LogP contribution in [0, 0.1) is 0 Å². The molecule has 0 bridgehead atoms. The number of aromatic hydroxyl groups is 1. The quantitative estimate of drug-likeness (QED) is 0.682. The molecule has 1 saturated carbocycles. The Morgan fingerprint density at radius 3 is 2.53 bits per heavy atom. The van der Waals surface area contributed by atoms with E-state index in [0.29, 0.717) is 12.8 Å². The Balaban J connectivity index is 2.05. The second kappa shape index (κ2) is 3.83. The van der Waals surface area contributed by atoms with Gasteiger partial charge >= 0.3 is 0 Å². The summed E-state index contributed by atoms with van der Waals surface area (Å²) in [6, 6.07) is 7.11. The lowest BCUT2D eigenvalue weighted by atomic mass is 9.93. The van der Waals surface area contributed by atoms with Crippen LogP contribution in [0.4, 0.5) is 0 Å². The number of benzene rings is 1. The van der Waals surface area contributed by atoms with E-state index in [2.05, 4.69) is 0 Å². The third kappa shape index (κ3) is 2.49. The van der Waals surface area contributed by atoms with Gasteiger partial charge in [-0.1, -0.05) is 12.1 Å². The van der Waals surface area contributed by atoms with Gasteiger partial charge in [0.05, 0.1) is 5.60 Å². The maximum Gasteiger partial charge on any atom is 0.115 e. The van der Waals surface area contributed by atoms with Crippen LogP contribution in [-0.4, -0.2) is 21.9 Å². The number of hydrogen-bond donors (Lipinski definition) is 3. The van der Waals surface area contributed by atoms with Crippen molar-refractivity contribution < 1.29 is 10.2 Å². The standard InChI is InChI=1S/C12H17NO2/c13-10-5-6-12(15,8-10)7-9-1-3-11(14)4-2-9/h1-4,10,14-15H,5-8,13H2. The molecule has 1 fully saturated rings. The fourth-order valence-corrected chi connectivity index (χ4v) is 2.30. The predicted molar refractivity (Wildman–Crippen MR) is 58.6 cm³/mol. The summed E-state index contributed by atoms with van der Waals surface area (Å²) in [5.41, 5.74) is 6.19. The summed E-state index contributed by atoms with van der Waals surface area (Å²) in [5.74, 6) is 0.258. The summed E-state index contributed by atoms with van der Waals surface area (Å²) in [6.45, 7) is 0. The molecule has 1 aliphatic carbocycles. The van der Waals surface area contributed by atoms with Gasteiger partial charge in [0.15, 0.2) is 0 Å². The van der Waals surface area contributed by atoms with E-state index in [4.69, 9.17) is 10.8 Å². The van der Waals surface area contributed by atoms with Gasteiger partial charge in [-0.05, 0) is 37.0 Å². The molecule has 2 rings (SSSR count). The van der Waals surface area contributed by atoms with Gasteiger partial charge < -0.3 is 15.9 Å². The van der Waals surface area contributed by atoms with E-state index in [1.807, 2.05) is 12.1 Å². The minimum absolute atomic E-state index is 0.132. The van der Waals surface area contributed by atoms with E-state index in [1.54, 1.807) is 12.1 Å². The van der Waals surface area contributed by atoms with E-state index in [9.17, 15) is 5.11 Å². The van der Waals surface area contributed by atoms with Crippen molar-refractivity contribution in [1.29, 1.82) is 0 Å². The first kappa shape index (κ1) is 10.5. The maximum absolute atomic E-state index is 10.2. The molecule has 0 aromatic heterocycles. The predicted octanol–water partition coefficient (Wildman–Crippen LogP) is 1.18. The molecule has 1 aromatic rings. The minimum Gasteiger partial charge on any atom is -0.508 e. The number of nitrogens with two attached hydrogens (primary N) is 1. The van der Waals surface area contributed by atoms with Gasteiger partial charge in [-0.15, -0.1) is 0 Å². The number of aliphatic hydroxyl groups is 1. The molecule has 82 valence electrons. The zero-order chi connectivity index (χ0) is 10.9. The van der Waals surface area contributed by atoms with Crippen LogP contribution in [0.1, 0.15) is 24.8 Å². The van der Waals surface area contributed by atoms with E-state index in [1.165, 1.54) is 0 Å². The highest BCUT2D eigenvalue weighted by Gasteiger charge is 2.35. The molecule has 3 nitrogen and oxygen atoms in total. The normalized spacial score (nSPS) is 30.7. The van der Waals surface area contributed by atoms with Gasteiger partial charge in [-0.3, -0.25) is 0 Å². The lowest BCUT2D eigenvalue weighted by Gasteiger charge is -2.22. The van der Waals surface area contributed by atoms with Crippen LogP contribution in [-0.2, 0) is 6.42 Å². The zero-order valence-electron chi connectivity index (χ0n) is 8.69. The van der Waals surface area contributed by atoms with E-state index in [-0.39, 0.29) is 11.8 Å². The number of hydrogen-bond acceptors (Lipinski definition) is 3. The van der Waals surface area contributed by atoms with Crippen LogP contribution in [0.15, 0.2) is 24.3 Å². The Labute approximate surface area is 89.5 Å². The third-order valence-electron chi connectivity index (χ3n) is 3.09. The van der Waals surface area contributed by atoms with Crippen molar-refractivity contribution in [2.45, 2.75) is 37.3 Å². The molecule has 15 heavy (non-hydrogen) atoms. The maximum atomic E-state index is 10.2. The average molecular weight is 207 g/mol. The minimum atomic E-state index is -0.642. The van der Waals surface area contributed by atoms with Crippen molar-refractivity contribution in [3.05, 3.63) is 29.8 Å². The second-order valence-corrected chi connectivity index (χ2v) is 4.57. The lowest BCUT2D eigenvalue weighted by Crippen LogP contribution is -2.30. The van der Waals surface area contributed by atoms with Gasteiger partial charge in [0.1, 0.15) is 5.75 Å². The molecule has 0 spiro atoms. The van der Waals surface area contributed by atoms with Crippen LogP contribution in [0.5, 0.6) is 5.75 Å². The van der Waals surface area contributed by atoms with Crippen molar-refractivity contribution in [2.24, 2.45) is 5.73 Å². The molecule has 0 heterocycles. The smallest absolute Gasteiger partial charge is 0.115 e. The molecule has 0 aliphatic heterocycles. The summed E-state index contributed by atoms with van der Waals surface area (Å²) in [5, 5.41) is 19.4. The summed E-state index contributed by atoms with van der Waals surface area (Å²) in [6.07, 6.45) is 2.97. The topological polar surface area (TPSA) is 66.5 Å². The second-order valence-electron chi connectivity index (χ2n) is 4.57. The molecule has 1 aliphatic rings. The van der Waals surface area contributed by atoms with Crippen LogP contribution in [0.3, 0.4) is 0 Å². The third-order valence-corrected chi connectivity index (χ3v) is 3.09. The summed E-state index contributed by atoms with van der Waals surface area (Å²) >= 11 is 0. The Morgan fingerprint density at radius 2 is 2.00 bits per heavy atom. The highest BCUT2D eigenvalue weighted by molar-refractivity contribution is 5.27. The van der Waals surface area contributed by atoms with Gasteiger partial charge in [0.25, 0.3) is 0 Å². The Kier molecular flexibility index (Phi) is 2.67. The molecule has 0 saturated heterocycles. The first-order valence-electron chi connectivity index (χ1n) is 5.33. The van der Waals surface area contributed by atoms with Crippen molar-refractivity contribution in [1.82, 2.24) is 0 Å². The van der Waals surface area contributed by atoms with Crippen molar-refractivity contribution >= 4 is 0 Å². The monoisotopic (exact) mass is 207 g/mol. The Morgan fingerprint density at radius 1 is 1.33 bits per heavy atom. The van der Waals surface area contributed by atoms with Crippen LogP contribution in [0.25, 0.3) is 0 Å². The molecule has 0 radical (unpaired) electrons. The number of rotatable bonds is 2. The van der Waals surface area contributed by atoms with Gasteiger partial charge in [0.2, 0.25) is 0 Å². The van der Waals surface area contributed by atoms with Gasteiger partial charge in [0, 0.05) is 12.5 Å². The highest BCUT2D eigenvalue weighted by Crippen LogP contribution is 2.32. The van der Waals surface area contributed by atoms with Gasteiger partial charge in [-0.2, -0.15) is 0 Å². The first-order chi connectivity index (χ1) is 7.07. The van der Waals surface area contributed by atoms with Crippen molar-refractivity contribution in [2.75, 3.05) is 0 Å². The molecular weight excluding hydrogens is 190 g/mol. The average Bonchev–Trinajstić information content (AvgIpc) is 2.50. The summed E-state index contributed by atoms with van der Waals surface area (Å²) in [4.78, 5) is 0. The van der Waals surface area contributed by atoms with E-state index in [0.717, 1.165) is 18.4 Å². The SMILES string of the molecule is NC1CCC(O)(Cc2ccc(O)cc2)C1. The first-order valence-corrected chi connectivity index (χ1v) is 5.33. The zero-order valence-corrected chi connectivity index (χ0v) is 8.69. The Hall–Kier alpha value is -1.06. The van der Waals surface area contributed by atoms with E-state index < -0.39 is 5.60 Å². The van der Waals surface area contributed by atoms with Crippen LogP contribution < -0.4 is 5.73 Å². The van der Waals surface area contributed by atoms with Crippen LogP contribution in [0.2, 0.25) is 0 Å². The molecule has 1 aromatic carbocycles. The summed E-state index contributed by atoms with van der Waals surface area (Å²) in [7, 11) is 0. The highest BCUT2D eigenvalue weighted by atomic mass is 16.3. The van der Waals surface area contributed by atoms with E-state index >= 15 is 0 Å². The number of phenols is 1. The fraction of sp³-hybridized carbons (Fsp3) is 0.500. The molecule has 0 amide bonds. The largest absolute Gasteiger partial charge is 0.508 e. The summed E-state index contributed by atoms with van der Waals surface area (Å²) < 4.78 is 0. The molecule has 4 N–H and O–H groups in total. The van der Waals surface area contributed by atoms with Crippen molar-refractivity contribution in [3.63, 3.8) is 0 Å². The molecule has 2 atom stereocenters. The molecular formula is C12H17NO2.